The molecule has 0 spiro atoms. The third-order valence-electron chi connectivity index (χ3n) is 2.58. The van der Waals surface area contributed by atoms with Crippen molar-refractivity contribution in [3.05, 3.63) is 0 Å². The van der Waals surface area contributed by atoms with E-state index < -0.39 is 24.6 Å². The van der Waals surface area contributed by atoms with Crippen LogP contribution in [-0.4, -0.2) is 60.3 Å². The van der Waals surface area contributed by atoms with Gasteiger partial charge in [-0.3, -0.25) is 4.79 Å². The molecule has 0 saturated carbocycles. The van der Waals surface area contributed by atoms with Crippen molar-refractivity contribution in [1.29, 1.82) is 0 Å². The molecule has 102 valence electrons. The molecule has 1 rings (SSSR count). The number of carbonyl (C=O) groups excluding carboxylic acids is 2. The molecule has 18 heavy (non-hydrogen) atoms. The first-order valence-corrected chi connectivity index (χ1v) is 5.82. The van der Waals surface area contributed by atoms with Gasteiger partial charge in [-0.15, -0.1) is 0 Å². The van der Waals surface area contributed by atoms with Gasteiger partial charge in [0.25, 0.3) is 0 Å². The van der Waals surface area contributed by atoms with Crippen LogP contribution >= 0.6 is 0 Å². The molecular formula is C11H17NO6. The first-order valence-electron chi connectivity index (χ1n) is 5.82. The molecule has 0 aromatic rings. The van der Waals surface area contributed by atoms with Crippen LogP contribution < -0.4 is 0 Å². The van der Waals surface area contributed by atoms with Crippen molar-refractivity contribution < 1.29 is 29.0 Å². The normalized spacial score (nSPS) is 18.7. The average molecular weight is 259 g/mol. The molecule has 1 fully saturated rings. The predicted octanol–water partition coefficient (Wildman–Crippen LogP) is -0.358. The molecule has 1 unspecified atom stereocenters. The summed E-state index contributed by atoms with van der Waals surface area (Å²) in [5, 5.41) is 8.38. The van der Waals surface area contributed by atoms with Crippen LogP contribution in [0, 0.1) is 0 Å². The zero-order valence-corrected chi connectivity index (χ0v) is 10.3. The van der Waals surface area contributed by atoms with Crippen molar-refractivity contribution in [2.45, 2.75) is 25.8 Å². The minimum Gasteiger partial charge on any atom is -0.480 e. The van der Waals surface area contributed by atoms with E-state index in [1.165, 1.54) is 4.90 Å². The maximum absolute atomic E-state index is 11.7. The summed E-state index contributed by atoms with van der Waals surface area (Å²) in [7, 11) is 0. The van der Waals surface area contributed by atoms with Gasteiger partial charge in [-0.05, 0) is 19.8 Å². The Hall–Kier alpha value is -1.63. The number of likely N-dealkylation sites (tertiary alicyclic amines) is 1. The van der Waals surface area contributed by atoms with E-state index in [-0.39, 0.29) is 19.1 Å². The number of carboxylic acids is 1. The van der Waals surface area contributed by atoms with Gasteiger partial charge in [0.15, 0.2) is 0 Å². The smallest absolute Gasteiger partial charge is 0.329 e. The SMILES string of the molecule is CCOC(=O)C1CCCN1C(=O)COCC(=O)O. The fourth-order valence-corrected chi connectivity index (χ4v) is 1.86. The predicted molar refractivity (Wildman–Crippen MR) is 59.8 cm³/mol. The van der Waals surface area contributed by atoms with Gasteiger partial charge >= 0.3 is 11.9 Å². The van der Waals surface area contributed by atoms with Crippen LogP contribution in [-0.2, 0) is 23.9 Å². The van der Waals surface area contributed by atoms with Gasteiger partial charge in [-0.25, -0.2) is 9.59 Å². The first kappa shape index (κ1) is 14.4. The lowest BCUT2D eigenvalue weighted by Crippen LogP contribution is -2.43. The second kappa shape index (κ2) is 6.95. The molecule has 1 heterocycles. The number of nitrogens with zero attached hydrogens (tertiary/aromatic N) is 1. The lowest BCUT2D eigenvalue weighted by Gasteiger charge is -2.22. The lowest BCUT2D eigenvalue weighted by molar-refractivity contribution is -0.155. The van der Waals surface area contributed by atoms with Crippen molar-refractivity contribution in [3.8, 4) is 0 Å². The van der Waals surface area contributed by atoms with E-state index in [2.05, 4.69) is 0 Å². The molecule has 1 aliphatic rings. The summed E-state index contributed by atoms with van der Waals surface area (Å²) in [5.74, 6) is -1.93. The van der Waals surface area contributed by atoms with Crippen molar-refractivity contribution in [2.75, 3.05) is 26.4 Å². The second-order valence-corrected chi connectivity index (χ2v) is 3.88. The zero-order chi connectivity index (χ0) is 13.5. The van der Waals surface area contributed by atoms with Gasteiger partial charge in [0, 0.05) is 6.54 Å². The van der Waals surface area contributed by atoms with Crippen LogP contribution in [0.15, 0.2) is 0 Å². The zero-order valence-electron chi connectivity index (χ0n) is 10.3. The van der Waals surface area contributed by atoms with E-state index in [9.17, 15) is 14.4 Å². The maximum Gasteiger partial charge on any atom is 0.329 e. The number of ether oxygens (including phenoxy) is 2. The van der Waals surface area contributed by atoms with Gasteiger partial charge in [0.1, 0.15) is 19.3 Å². The lowest BCUT2D eigenvalue weighted by atomic mass is 10.2. The molecule has 0 aromatic carbocycles. The van der Waals surface area contributed by atoms with E-state index >= 15 is 0 Å². The van der Waals surface area contributed by atoms with Crippen molar-refractivity contribution in [2.24, 2.45) is 0 Å². The third kappa shape index (κ3) is 3.99. The molecule has 1 aliphatic heterocycles. The number of esters is 1. The summed E-state index contributed by atoms with van der Waals surface area (Å²) in [6.07, 6.45) is 1.30. The summed E-state index contributed by atoms with van der Waals surface area (Å²) < 4.78 is 9.60. The molecule has 0 radical (unpaired) electrons. The Balaban J connectivity index is 2.45. The highest BCUT2D eigenvalue weighted by molar-refractivity contribution is 5.86. The highest BCUT2D eigenvalue weighted by Gasteiger charge is 2.34. The van der Waals surface area contributed by atoms with E-state index in [0.717, 1.165) is 6.42 Å². The number of hydrogen-bond donors (Lipinski definition) is 1. The molecule has 7 nitrogen and oxygen atoms in total. The van der Waals surface area contributed by atoms with E-state index in [0.29, 0.717) is 13.0 Å². The topological polar surface area (TPSA) is 93.1 Å². The minimum atomic E-state index is -1.13. The van der Waals surface area contributed by atoms with Crippen LogP contribution in [0.2, 0.25) is 0 Å². The van der Waals surface area contributed by atoms with Crippen LogP contribution in [0.5, 0.6) is 0 Å². The van der Waals surface area contributed by atoms with Crippen LogP contribution in [0.3, 0.4) is 0 Å². The van der Waals surface area contributed by atoms with Gasteiger partial charge in [0.2, 0.25) is 5.91 Å². The Bertz CT molecular complexity index is 329. The quantitative estimate of drug-likeness (QED) is 0.655. The molecule has 1 N–H and O–H groups in total. The van der Waals surface area contributed by atoms with Gasteiger partial charge in [0.05, 0.1) is 6.61 Å². The Labute approximate surface area is 105 Å². The molecule has 0 aromatic heterocycles. The summed E-state index contributed by atoms with van der Waals surface area (Å²) >= 11 is 0. The third-order valence-corrected chi connectivity index (χ3v) is 2.58. The molecule has 1 atom stereocenters. The second-order valence-electron chi connectivity index (χ2n) is 3.88. The van der Waals surface area contributed by atoms with Crippen LogP contribution in [0.25, 0.3) is 0 Å². The fraction of sp³-hybridized carbons (Fsp3) is 0.727. The number of carboxylic acid groups (broad SMARTS) is 1. The van der Waals surface area contributed by atoms with Gasteiger partial charge in [-0.2, -0.15) is 0 Å². The number of aliphatic carboxylic acids is 1. The molecule has 1 amide bonds. The monoisotopic (exact) mass is 259 g/mol. The van der Waals surface area contributed by atoms with E-state index in [1.807, 2.05) is 0 Å². The standard InChI is InChI=1S/C11H17NO6/c1-2-18-11(16)8-4-3-5-12(8)9(13)6-17-7-10(14)15/h8H,2-7H2,1H3,(H,14,15). The molecule has 1 saturated heterocycles. The van der Waals surface area contributed by atoms with Crippen LogP contribution in [0.4, 0.5) is 0 Å². The Morgan fingerprint density at radius 3 is 2.67 bits per heavy atom. The largest absolute Gasteiger partial charge is 0.480 e. The molecule has 0 bridgehead atoms. The van der Waals surface area contributed by atoms with Crippen LogP contribution in [0.1, 0.15) is 19.8 Å². The summed E-state index contributed by atoms with van der Waals surface area (Å²) in [6, 6.07) is -0.564. The Morgan fingerprint density at radius 1 is 1.33 bits per heavy atom. The first-order chi connectivity index (χ1) is 8.56. The van der Waals surface area contributed by atoms with Crippen molar-refractivity contribution >= 4 is 17.8 Å². The van der Waals surface area contributed by atoms with Gasteiger partial charge < -0.3 is 19.5 Å². The summed E-state index contributed by atoms with van der Waals surface area (Å²) in [5.41, 5.74) is 0. The maximum atomic E-state index is 11.7. The van der Waals surface area contributed by atoms with E-state index in [4.69, 9.17) is 14.6 Å². The van der Waals surface area contributed by atoms with E-state index in [1.54, 1.807) is 6.92 Å². The number of carbonyl (C=O) groups is 3. The fourth-order valence-electron chi connectivity index (χ4n) is 1.86. The number of rotatable bonds is 6. The average Bonchev–Trinajstić information content (AvgIpc) is 2.77. The number of amides is 1. The highest BCUT2D eigenvalue weighted by atomic mass is 16.5. The Kier molecular flexibility index (Phi) is 5.57. The molecular weight excluding hydrogens is 242 g/mol. The minimum absolute atomic E-state index is 0.271. The van der Waals surface area contributed by atoms with Crippen molar-refractivity contribution in [1.82, 2.24) is 4.90 Å². The highest BCUT2D eigenvalue weighted by Crippen LogP contribution is 2.18. The summed E-state index contributed by atoms with van der Waals surface area (Å²) in [6.45, 7) is 1.59. The Morgan fingerprint density at radius 2 is 2.06 bits per heavy atom. The molecule has 0 aliphatic carbocycles. The van der Waals surface area contributed by atoms with Crippen molar-refractivity contribution in [3.63, 3.8) is 0 Å². The molecule has 7 heteroatoms. The number of hydrogen-bond acceptors (Lipinski definition) is 5. The van der Waals surface area contributed by atoms with Gasteiger partial charge in [-0.1, -0.05) is 0 Å². The summed E-state index contributed by atoms with van der Waals surface area (Å²) in [4.78, 5) is 35.0.